The van der Waals surface area contributed by atoms with Gasteiger partial charge in [0.2, 0.25) is 0 Å². The lowest BCUT2D eigenvalue weighted by Crippen LogP contribution is -2.38. The molecule has 0 bridgehead atoms. The first-order valence-electron chi connectivity index (χ1n) is 8.59. The summed E-state index contributed by atoms with van der Waals surface area (Å²) in [6.07, 6.45) is 0. The fourth-order valence-corrected chi connectivity index (χ4v) is 2.74. The maximum Gasteiger partial charge on any atom is 0.387 e. The topological polar surface area (TPSA) is 54.9 Å². The molecule has 0 aliphatic rings. The van der Waals surface area contributed by atoms with Crippen molar-refractivity contribution in [2.75, 3.05) is 14.2 Å². The van der Waals surface area contributed by atoms with Crippen molar-refractivity contribution in [3.05, 3.63) is 59.2 Å². The summed E-state index contributed by atoms with van der Waals surface area (Å²) in [6.45, 7) is 1.45. The summed E-state index contributed by atoms with van der Waals surface area (Å²) in [5.41, 5.74) is 2.91. The first-order chi connectivity index (χ1) is 12.9. The van der Waals surface area contributed by atoms with Gasteiger partial charge in [0.1, 0.15) is 11.5 Å². The molecule has 0 saturated heterocycles. The van der Waals surface area contributed by atoms with Crippen LogP contribution in [0.2, 0.25) is 0 Å². The summed E-state index contributed by atoms with van der Waals surface area (Å²) in [5, 5.41) is 6.43. The number of alkyl halides is 2. The highest BCUT2D eigenvalue weighted by atomic mass is 19.3. The molecule has 2 aromatic rings. The van der Waals surface area contributed by atoms with Crippen LogP contribution in [0.4, 0.5) is 8.78 Å². The lowest BCUT2D eigenvalue weighted by atomic mass is 10.0. The average Bonchev–Trinajstić information content (AvgIpc) is 2.65. The number of nitrogens with zero attached hydrogens (tertiary/aromatic N) is 1. The number of aryl methyl sites for hydroxylation is 1. The van der Waals surface area contributed by atoms with E-state index in [1.165, 1.54) is 18.7 Å². The van der Waals surface area contributed by atoms with Crippen molar-refractivity contribution in [3.63, 3.8) is 0 Å². The van der Waals surface area contributed by atoms with Crippen molar-refractivity contribution in [1.29, 1.82) is 0 Å². The Hall–Kier alpha value is -2.83. The molecule has 0 radical (unpaired) electrons. The van der Waals surface area contributed by atoms with Gasteiger partial charge in [0.15, 0.2) is 5.96 Å². The number of aliphatic imine (C=N–C) groups is 1. The minimum atomic E-state index is -2.91. The molecule has 0 saturated carbocycles. The zero-order chi connectivity index (χ0) is 19.8. The monoisotopic (exact) mass is 377 g/mol. The Kier molecular flexibility index (Phi) is 7.40. The highest BCUT2D eigenvalue weighted by Crippen LogP contribution is 2.26. The molecule has 1 unspecified atom stereocenters. The van der Waals surface area contributed by atoms with E-state index in [4.69, 9.17) is 4.74 Å². The Morgan fingerprint density at radius 2 is 1.93 bits per heavy atom. The number of rotatable bonds is 7. The van der Waals surface area contributed by atoms with Crippen LogP contribution in [0.25, 0.3) is 0 Å². The van der Waals surface area contributed by atoms with Crippen molar-refractivity contribution >= 4 is 5.96 Å². The third-order valence-electron chi connectivity index (χ3n) is 4.17. The standard InChI is InChI=1S/C20H25F2N3O2/c1-13-7-5-6-8-17(13)14(2)25-20(23-3)24-12-15-9-10-16(26-4)11-18(15)27-19(21)22/h5-11,14,19H,12H2,1-4H3,(H2,23,24,25). The van der Waals surface area contributed by atoms with Crippen LogP contribution in [-0.4, -0.2) is 26.7 Å². The number of nitrogens with one attached hydrogen (secondary N) is 2. The SMILES string of the molecule is CN=C(NCc1ccc(OC)cc1OC(F)F)NC(C)c1ccccc1C. The maximum atomic E-state index is 12.7. The van der Waals surface area contributed by atoms with E-state index in [0.717, 1.165) is 5.56 Å². The number of methoxy groups -OCH3 is 1. The van der Waals surface area contributed by atoms with E-state index >= 15 is 0 Å². The molecule has 146 valence electrons. The zero-order valence-corrected chi connectivity index (χ0v) is 15.9. The van der Waals surface area contributed by atoms with Gasteiger partial charge in [-0.05, 0) is 37.1 Å². The Balaban J connectivity index is 2.06. The molecule has 0 fully saturated rings. The first-order valence-corrected chi connectivity index (χ1v) is 8.59. The van der Waals surface area contributed by atoms with Gasteiger partial charge in [-0.2, -0.15) is 8.78 Å². The molecule has 5 nitrogen and oxygen atoms in total. The number of halogens is 2. The molecule has 0 aromatic heterocycles. The number of ether oxygens (including phenoxy) is 2. The molecule has 1 atom stereocenters. The predicted octanol–water partition coefficient (Wildman–Crippen LogP) is 4.03. The molecular formula is C20H25F2N3O2. The fraction of sp³-hybridized carbons (Fsp3) is 0.350. The summed E-state index contributed by atoms with van der Waals surface area (Å²) in [4.78, 5) is 4.20. The average molecular weight is 377 g/mol. The van der Waals surface area contributed by atoms with Gasteiger partial charge in [-0.25, -0.2) is 0 Å². The van der Waals surface area contributed by atoms with E-state index in [2.05, 4.69) is 39.4 Å². The van der Waals surface area contributed by atoms with Crippen molar-refractivity contribution in [3.8, 4) is 11.5 Å². The molecular weight excluding hydrogens is 352 g/mol. The highest BCUT2D eigenvalue weighted by molar-refractivity contribution is 5.80. The molecule has 2 N–H and O–H groups in total. The van der Waals surface area contributed by atoms with Crippen LogP contribution in [0.1, 0.15) is 29.7 Å². The van der Waals surface area contributed by atoms with E-state index in [9.17, 15) is 8.78 Å². The van der Waals surface area contributed by atoms with Crippen LogP contribution in [0.15, 0.2) is 47.5 Å². The van der Waals surface area contributed by atoms with Gasteiger partial charge in [-0.15, -0.1) is 0 Å². The van der Waals surface area contributed by atoms with Crippen molar-refractivity contribution in [2.45, 2.75) is 33.0 Å². The Bertz CT molecular complexity index is 782. The van der Waals surface area contributed by atoms with Gasteiger partial charge in [-0.1, -0.05) is 24.3 Å². The minimum Gasteiger partial charge on any atom is -0.497 e. The van der Waals surface area contributed by atoms with Crippen molar-refractivity contribution < 1.29 is 18.3 Å². The molecule has 0 heterocycles. The zero-order valence-electron chi connectivity index (χ0n) is 15.9. The lowest BCUT2D eigenvalue weighted by Gasteiger charge is -2.20. The molecule has 2 rings (SSSR count). The largest absolute Gasteiger partial charge is 0.497 e. The maximum absolute atomic E-state index is 12.7. The third kappa shape index (κ3) is 5.84. The van der Waals surface area contributed by atoms with Gasteiger partial charge in [-0.3, -0.25) is 4.99 Å². The molecule has 27 heavy (non-hydrogen) atoms. The van der Waals surface area contributed by atoms with Crippen LogP contribution in [0.5, 0.6) is 11.5 Å². The van der Waals surface area contributed by atoms with E-state index in [1.54, 1.807) is 19.2 Å². The van der Waals surface area contributed by atoms with Gasteiger partial charge in [0.05, 0.1) is 13.2 Å². The van der Waals surface area contributed by atoms with Crippen molar-refractivity contribution in [1.82, 2.24) is 10.6 Å². The van der Waals surface area contributed by atoms with Crippen LogP contribution >= 0.6 is 0 Å². The second kappa shape index (κ2) is 9.75. The number of hydrogen-bond acceptors (Lipinski definition) is 3. The molecule has 7 heteroatoms. The van der Waals surface area contributed by atoms with E-state index in [0.29, 0.717) is 17.3 Å². The third-order valence-corrected chi connectivity index (χ3v) is 4.17. The number of guanidine groups is 1. The van der Waals surface area contributed by atoms with E-state index in [-0.39, 0.29) is 18.3 Å². The van der Waals surface area contributed by atoms with Crippen LogP contribution in [0, 0.1) is 6.92 Å². The van der Waals surface area contributed by atoms with Crippen molar-refractivity contribution in [2.24, 2.45) is 4.99 Å². The summed E-state index contributed by atoms with van der Waals surface area (Å²) in [7, 11) is 3.13. The van der Waals surface area contributed by atoms with E-state index in [1.807, 2.05) is 19.1 Å². The summed E-state index contributed by atoms with van der Waals surface area (Å²) < 4.78 is 35.0. The van der Waals surface area contributed by atoms with Gasteiger partial charge in [0.25, 0.3) is 0 Å². The molecule has 0 aliphatic carbocycles. The summed E-state index contributed by atoms with van der Waals surface area (Å²) in [5.74, 6) is 1.08. The minimum absolute atomic E-state index is 0.0325. The van der Waals surface area contributed by atoms with Crippen LogP contribution < -0.4 is 20.1 Å². The van der Waals surface area contributed by atoms with Crippen LogP contribution in [-0.2, 0) is 6.54 Å². The van der Waals surface area contributed by atoms with Gasteiger partial charge >= 0.3 is 6.61 Å². The van der Waals surface area contributed by atoms with E-state index < -0.39 is 6.61 Å². The Morgan fingerprint density at radius 1 is 1.19 bits per heavy atom. The summed E-state index contributed by atoms with van der Waals surface area (Å²) in [6, 6.07) is 12.9. The van der Waals surface area contributed by atoms with Gasteiger partial charge < -0.3 is 20.1 Å². The quantitative estimate of drug-likeness (QED) is 0.565. The predicted molar refractivity (Wildman–Crippen MR) is 103 cm³/mol. The summed E-state index contributed by atoms with van der Waals surface area (Å²) >= 11 is 0. The molecule has 0 amide bonds. The second-order valence-corrected chi connectivity index (χ2v) is 6.00. The highest BCUT2D eigenvalue weighted by Gasteiger charge is 2.13. The Morgan fingerprint density at radius 3 is 2.56 bits per heavy atom. The first kappa shape index (κ1) is 20.5. The lowest BCUT2D eigenvalue weighted by molar-refractivity contribution is -0.0505. The molecule has 2 aromatic carbocycles. The number of hydrogen-bond donors (Lipinski definition) is 2. The second-order valence-electron chi connectivity index (χ2n) is 6.00. The normalized spacial score (nSPS) is 12.6. The molecule has 0 spiro atoms. The smallest absolute Gasteiger partial charge is 0.387 e. The van der Waals surface area contributed by atoms with Gasteiger partial charge in [0, 0.05) is 25.2 Å². The number of benzene rings is 2. The fourth-order valence-electron chi connectivity index (χ4n) is 2.74. The molecule has 0 aliphatic heterocycles. The Labute approximate surface area is 158 Å². The van der Waals surface area contributed by atoms with Crippen LogP contribution in [0.3, 0.4) is 0 Å².